The highest BCUT2D eigenvalue weighted by molar-refractivity contribution is 5.94. The number of carbonyl (C=O) groups excluding carboxylic acids is 1. The van der Waals surface area contributed by atoms with Crippen molar-refractivity contribution in [2.45, 2.75) is 46.1 Å². The molecular weight excluding hydrogens is 248 g/mol. The van der Waals surface area contributed by atoms with Gasteiger partial charge >= 0.3 is 0 Å². The Morgan fingerprint density at radius 2 is 1.90 bits per heavy atom. The lowest BCUT2D eigenvalue weighted by atomic mass is 9.80. The summed E-state index contributed by atoms with van der Waals surface area (Å²) in [5.41, 5.74) is 1.84. The predicted octanol–water partition coefficient (Wildman–Crippen LogP) is 3.67. The third-order valence-electron chi connectivity index (χ3n) is 4.29. The van der Waals surface area contributed by atoms with E-state index in [4.69, 9.17) is 0 Å². The van der Waals surface area contributed by atoms with Crippen LogP contribution in [-0.4, -0.2) is 18.5 Å². The van der Waals surface area contributed by atoms with E-state index in [2.05, 4.69) is 24.5 Å². The van der Waals surface area contributed by atoms with E-state index < -0.39 is 0 Å². The Labute approximate surface area is 122 Å². The zero-order chi connectivity index (χ0) is 14.5. The van der Waals surface area contributed by atoms with Gasteiger partial charge in [-0.2, -0.15) is 0 Å². The first-order valence-corrected chi connectivity index (χ1v) is 7.75. The van der Waals surface area contributed by atoms with E-state index >= 15 is 0 Å². The minimum atomic E-state index is -0.00120. The van der Waals surface area contributed by atoms with Crippen LogP contribution in [-0.2, 0) is 0 Å². The van der Waals surface area contributed by atoms with E-state index in [1.807, 2.05) is 31.2 Å². The Kier molecular flexibility index (Phi) is 5.05. The SMILES string of the molecule is CCNC(=O)c1ccc(NC2CC(C)CCC2C)cc1. The lowest BCUT2D eigenvalue weighted by Gasteiger charge is -2.34. The van der Waals surface area contributed by atoms with Crippen molar-refractivity contribution >= 4 is 11.6 Å². The molecule has 0 spiro atoms. The molecule has 1 saturated carbocycles. The lowest BCUT2D eigenvalue weighted by Crippen LogP contribution is -2.33. The smallest absolute Gasteiger partial charge is 0.251 e. The fourth-order valence-electron chi connectivity index (χ4n) is 2.93. The molecule has 0 aromatic heterocycles. The fourth-order valence-corrected chi connectivity index (χ4v) is 2.93. The first-order chi connectivity index (χ1) is 9.60. The summed E-state index contributed by atoms with van der Waals surface area (Å²) in [5, 5.41) is 6.44. The van der Waals surface area contributed by atoms with Gasteiger partial charge in [0.05, 0.1) is 0 Å². The van der Waals surface area contributed by atoms with E-state index in [9.17, 15) is 4.79 Å². The Bertz CT molecular complexity index is 441. The first-order valence-electron chi connectivity index (χ1n) is 7.75. The summed E-state index contributed by atoms with van der Waals surface area (Å²) >= 11 is 0. The first kappa shape index (κ1) is 14.9. The topological polar surface area (TPSA) is 41.1 Å². The number of carbonyl (C=O) groups is 1. The summed E-state index contributed by atoms with van der Waals surface area (Å²) in [6.45, 7) is 7.25. The number of benzene rings is 1. The second-order valence-electron chi connectivity index (χ2n) is 6.08. The van der Waals surface area contributed by atoms with Gasteiger partial charge in [0.25, 0.3) is 5.91 Å². The molecule has 1 aliphatic rings. The Balaban J connectivity index is 1.98. The third kappa shape index (κ3) is 3.75. The van der Waals surface area contributed by atoms with Crippen LogP contribution in [0.4, 0.5) is 5.69 Å². The van der Waals surface area contributed by atoms with Crippen LogP contribution in [0.15, 0.2) is 24.3 Å². The molecule has 20 heavy (non-hydrogen) atoms. The fraction of sp³-hybridized carbons (Fsp3) is 0.588. The van der Waals surface area contributed by atoms with E-state index in [0.29, 0.717) is 18.5 Å². The van der Waals surface area contributed by atoms with E-state index in [1.54, 1.807) is 0 Å². The zero-order valence-electron chi connectivity index (χ0n) is 12.8. The molecule has 0 bridgehead atoms. The summed E-state index contributed by atoms with van der Waals surface area (Å²) in [5.74, 6) is 1.52. The number of hydrogen-bond donors (Lipinski definition) is 2. The van der Waals surface area contributed by atoms with Gasteiger partial charge in [0.1, 0.15) is 0 Å². The maximum Gasteiger partial charge on any atom is 0.251 e. The van der Waals surface area contributed by atoms with E-state index in [1.165, 1.54) is 19.3 Å². The summed E-state index contributed by atoms with van der Waals surface area (Å²) in [4.78, 5) is 11.7. The molecule has 2 rings (SSSR count). The van der Waals surface area contributed by atoms with Crippen molar-refractivity contribution in [2.75, 3.05) is 11.9 Å². The van der Waals surface area contributed by atoms with Gasteiger partial charge in [-0.15, -0.1) is 0 Å². The maximum atomic E-state index is 11.7. The Hall–Kier alpha value is -1.51. The summed E-state index contributed by atoms with van der Waals surface area (Å²) in [7, 11) is 0. The van der Waals surface area contributed by atoms with Gasteiger partial charge in [-0.25, -0.2) is 0 Å². The molecule has 1 amide bonds. The van der Waals surface area contributed by atoms with Crippen LogP contribution in [0.5, 0.6) is 0 Å². The number of hydrogen-bond acceptors (Lipinski definition) is 2. The van der Waals surface area contributed by atoms with E-state index in [-0.39, 0.29) is 5.91 Å². The molecule has 3 unspecified atom stereocenters. The van der Waals surface area contributed by atoms with Gasteiger partial charge in [-0.3, -0.25) is 4.79 Å². The maximum absolute atomic E-state index is 11.7. The quantitative estimate of drug-likeness (QED) is 0.879. The third-order valence-corrected chi connectivity index (χ3v) is 4.29. The number of anilines is 1. The average Bonchev–Trinajstić information content (AvgIpc) is 2.44. The van der Waals surface area contributed by atoms with Crippen molar-refractivity contribution in [3.63, 3.8) is 0 Å². The minimum absolute atomic E-state index is 0.00120. The van der Waals surface area contributed by atoms with Crippen molar-refractivity contribution in [2.24, 2.45) is 11.8 Å². The average molecular weight is 274 g/mol. The summed E-state index contributed by atoms with van der Waals surface area (Å²) in [6, 6.07) is 8.36. The van der Waals surface area contributed by atoms with Gasteiger partial charge in [0, 0.05) is 23.8 Å². The van der Waals surface area contributed by atoms with Crippen molar-refractivity contribution in [1.29, 1.82) is 0 Å². The van der Waals surface area contributed by atoms with Crippen molar-refractivity contribution in [1.82, 2.24) is 5.32 Å². The molecule has 1 aliphatic carbocycles. The second kappa shape index (κ2) is 6.78. The van der Waals surface area contributed by atoms with Gasteiger partial charge in [0.2, 0.25) is 0 Å². The summed E-state index contributed by atoms with van der Waals surface area (Å²) in [6.07, 6.45) is 3.88. The van der Waals surface area contributed by atoms with Gasteiger partial charge < -0.3 is 10.6 Å². The lowest BCUT2D eigenvalue weighted by molar-refractivity contribution is 0.0956. The monoisotopic (exact) mass is 274 g/mol. The van der Waals surface area contributed by atoms with E-state index in [0.717, 1.165) is 17.2 Å². The molecule has 3 heteroatoms. The van der Waals surface area contributed by atoms with Crippen molar-refractivity contribution in [3.8, 4) is 0 Å². The molecule has 0 radical (unpaired) electrons. The van der Waals surface area contributed by atoms with Crippen molar-refractivity contribution < 1.29 is 4.79 Å². The van der Waals surface area contributed by atoms with Crippen LogP contribution in [0.1, 0.15) is 50.4 Å². The van der Waals surface area contributed by atoms with Gasteiger partial charge in [-0.1, -0.05) is 20.3 Å². The highest BCUT2D eigenvalue weighted by atomic mass is 16.1. The molecule has 1 aromatic rings. The van der Waals surface area contributed by atoms with Gasteiger partial charge in [-0.05, 0) is 55.9 Å². The van der Waals surface area contributed by atoms with Crippen LogP contribution in [0, 0.1) is 11.8 Å². The molecule has 0 heterocycles. The molecule has 110 valence electrons. The molecule has 1 fully saturated rings. The predicted molar refractivity (Wildman–Crippen MR) is 84.0 cm³/mol. The molecule has 2 N–H and O–H groups in total. The minimum Gasteiger partial charge on any atom is -0.382 e. The number of amides is 1. The highest BCUT2D eigenvalue weighted by Gasteiger charge is 2.25. The Morgan fingerprint density at radius 1 is 1.20 bits per heavy atom. The van der Waals surface area contributed by atoms with Crippen LogP contribution in [0.2, 0.25) is 0 Å². The molecular formula is C17H26N2O. The standard InChI is InChI=1S/C17H26N2O/c1-4-18-17(20)14-7-9-15(10-8-14)19-16-11-12(2)5-6-13(16)3/h7-10,12-13,16,19H,4-6,11H2,1-3H3,(H,18,20). The van der Waals surface area contributed by atoms with Crippen LogP contribution < -0.4 is 10.6 Å². The van der Waals surface area contributed by atoms with Crippen molar-refractivity contribution in [3.05, 3.63) is 29.8 Å². The zero-order valence-corrected chi connectivity index (χ0v) is 12.8. The van der Waals surface area contributed by atoms with Gasteiger partial charge in [0.15, 0.2) is 0 Å². The largest absolute Gasteiger partial charge is 0.382 e. The molecule has 1 aromatic carbocycles. The molecule has 3 nitrogen and oxygen atoms in total. The normalized spacial score (nSPS) is 26.1. The highest BCUT2D eigenvalue weighted by Crippen LogP contribution is 2.30. The van der Waals surface area contributed by atoms with Crippen LogP contribution in [0.25, 0.3) is 0 Å². The van der Waals surface area contributed by atoms with Crippen LogP contribution in [0.3, 0.4) is 0 Å². The van der Waals surface area contributed by atoms with Crippen LogP contribution >= 0.6 is 0 Å². The molecule has 3 atom stereocenters. The number of rotatable bonds is 4. The second-order valence-corrected chi connectivity index (χ2v) is 6.08. The summed E-state index contributed by atoms with van der Waals surface area (Å²) < 4.78 is 0. The Morgan fingerprint density at radius 3 is 2.55 bits per heavy atom. The number of nitrogens with one attached hydrogen (secondary N) is 2. The molecule has 0 aliphatic heterocycles. The molecule has 0 saturated heterocycles.